The zero-order valence-corrected chi connectivity index (χ0v) is 80.9. The van der Waals surface area contributed by atoms with Gasteiger partial charge in [-0.1, -0.05) is 76.2 Å². The molecule has 2 saturated heterocycles. The highest BCUT2D eigenvalue weighted by molar-refractivity contribution is 8.76. The van der Waals surface area contributed by atoms with Crippen LogP contribution in [0.5, 0.6) is 5.75 Å². The number of amides is 19. The van der Waals surface area contributed by atoms with Gasteiger partial charge < -0.3 is 167 Å². The number of hydrogen-bond donors (Lipinski definition) is 34. The minimum Gasteiger partial charge on any atom is -0.508 e. The average molecular weight is 2050 g/mol. The number of benzene rings is 3. The molecule has 0 saturated carbocycles. The van der Waals surface area contributed by atoms with Crippen LogP contribution in [-0.2, 0) is 94.3 Å². The first kappa shape index (κ1) is 118. The molecule has 14 atom stereocenters. The van der Waals surface area contributed by atoms with Gasteiger partial charge in [0.25, 0.3) is 0 Å². The molecule has 3 aromatic carbocycles. The molecule has 2 aliphatic rings. The van der Waals surface area contributed by atoms with Crippen molar-refractivity contribution in [3.05, 3.63) is 77.9 Å². The number of unbranched alkanes of at least 4 members (excludes halogenated alkanes) is 1. The third kappa shape index (κ3) is 45.4. The normalized spacial score (nSPS) is 20.1. The molecule has 19 amide bonds. The highest BCUT2D eigenvalue weighted by atomic mass is 33.1. The molecule has 3 aromatic rings. The van der Waals surface area contributed by atoms with E-state index >= 15 is 47.9 Å². The van der Waals surface area contributed by atoms with Gasteiger partial charge in [0.05, 0.1) is 0 Å². The van der Waals surface area contributed by atoms with E-state index in [1.54, 1.807) is 42.5 Å². The van der Waals surface area contributed by atoms with Gasteiger partial charge in [-0.25, -0.2) is 9.59 Å². The van der Waals surface area contributed by atoms with Gasteiger partial charge in [-0.2, -0.15) is 0 Å². The molecule has 0 radical (unpaired) electrons. The Bertz CT molecular complexity index is 4930. The highest BCUT2D eigenvalue weighted by Gasteiger charge is 2.43. The minimum absolute atomic E-state index is 0.00757. The average Bonchev–Trinajstić information content (AvgIpc) is 1.50. The molecule has 42 N–H and O–H groups in total. The maximum atomic E-state index is 16.0. The van der Waals surface area contributed by atoms with Crippen LogP contribution in [0.3, 0.4) is 0 Å². The number of rotatable bonds is 48. The molecule has 0 bridgehead atoms. The molecule has 54 nitrogen and oxygen atoms in total. The quantitative estimate of drug-likeness (QED) is 0.0108. The van der Waals surface area contributed by atoms with Gasteiger partial charge in [0.15, 0.2) is 23.8 Å². The number of nitrogens with one attached hydrogen (secondary N) is 23. The zero-order chi connectivity index (χ0) is 106. The molecule has 56 heteroatoms. The van der Waals surface area contributed by atoms with Crippen LogP contribution in [-0.4, -0.2) is 305 Å². The molecule has 2 aliphatic heterocycles. The number of aliphatic carboxylic acids is 2. The summed E-state index contributed by atoms with van der Waals surface area (Å²) in [6, 6.07) is -8.97. The first-order valence-corrected chi connectivity index (χ1v) is 48.9. The second kappa shape index (κ2) is 62.9. The number of carboxylic acids is 2. The smallest absolute Gasteiger partial charge is 0.312 e. The van der Waals surface area contributed by atoms with Crippen LogP contribution in [0.2, 0.25) is 0 Å². The first-order chi connectivity index (χ1) is 67.9. The summed E-state index contributed by atoms with van der Waals surface area (Å²) in [6.45, 7) is 0.293. The summed E-state index contributed by atoms with van der Waals surface area (Å²) >= 11 is 0. The van der Waals surface area contributed by atoms with Crippen molar-refractivity contribution >= 4 is 169 Å². The lowest BCUT2D eigenvalue weighted by atomic mass is 10.00. The SMILES string of the molecule is CC(=O)N[C@@H](CCCNC(=N)N)C(=O)N[C@@H](CCCNC(=N)N)C(=O)N[C@@H](Cc1ccc2ccccc2c1)C(=O)N[C@H]1CSSC[C@@H](C(=O)N[C@@H](CCCNC(=N)N)C(N)=O)NC(=O)[C@H](CCCNC(N)=O)NC(=O)[C@H](CCCNC(=N)N)NC(=O)[C@H](CCC(=O)O)NC(=O)[C@@H]2CCCN2C(=O)[C@@H](CCC(=O)O)NC(=O)[C@H](CCCCN)NC(=O)[C@H](CCCNC(N)=O)NC(=O)[C@H](Cc2ccc(O)cc2)NC1=O. The Morgan fingerprint density at radius 3 is 1.33 bits per heavy atom. The lowest BCUT2D eigenvalue weighted by Gasteiger charge is -2.31. The summed E-state index contributed by atoms with van der Waals surface area (Å²) in [5, 5.41) is 112. The predicted molar refractivity (Wildman–Crippen MR) is 526 cm³/mol. The number of carbonyl (C=O) groups is 19. The first-order valence-electron chi connectivity index (χ1n) is 46.5. The van der Waals surface area contributed by atoms with Crippen molar-refractivity contribution < 1.29 is 106 Å². The maximum Gasteiger partial charge on any atom is 0.312 e. The third-order valence-electron chi connectivity index (χ3n) is 22.4. The highest BCUT2D eigenvalue weighted by Crippen LogP contribution is 2.27. The van der Waals surface area contributed by atoms with Crippen molar-refractivity contribution in [2.75, 3.05) is 63.9 Å². The van der Waals surface area contributed by atoms with E-state index in [2.05, 4.69) is 101 Å². The Kier molecular flexibility index (Phi) is 52.1. The van der Waals surface area contributed by atoms with Crippen LogP contribution in [0.4, 0.5) is 9.59 Å². The molecular formula is C87H136N32O22S2. The summed E-state index contributed by atoms with van der Waals surface area (Å²) in [6.07, 6.45) is -6.05. The summed E-state index contributed by atoms with van der Waals surface area (Å²) in [7, 11) is 1.40. The van der Waals surface area contributed by atoms with E-state index in [1.165, 1.54) is 24.3 Å². The predicted octanol–water partition coefficient (Wildman–Crippen LogP) is -7.67. The summed E-state index contributed by atoms with van der Waals surface area (Å²) in [5.74, 6) is -22.7. The van der Waals surface area contributed by atoms with Gasteiger partial charge in [0.2, 0.25) is 88.6 Å². The molecule has 5 rings (SSSR count). The summed E-state index contributed by atoms with van der Waals surface area (Å²) in [4.78, 5) is 274. The van der Waals surface area contributed by atoms with E-state index in [0.29, 0.717) is 32.5 Å². The molecule has 2 heterocycles. The molecule has 0 aromatic heterocycles. The van der Waals surface area contributed by atoms with Gasteiger partial charge in [0.1, 0.15) is 90.3 Å². The molecule has 788 valence electrons. The van der Waals surface area contributed by atoms with Crippen LogP contribution in [0.15, 0.2) is 66.7 Å². The lowest BCUT2D eigenvalue weighted by molar-refractivity contribution is -0.144. The number of nitrogens with zero attached hydrogens (tertiary/aromatic N) is 1. The van der Waals surface area contributed by atoms with Crippen LogP contribution in [0.1, 0.15) is 153 Å². The fourth-order valence-electron chi connectivity index (χ4n) is 15.1. The van der Waals surface area contributed by atoms with Crippen molar-refractivity contribution in [3.8, 4) is 5.75 Å². The largest absolute Gasteiger partial charge is 0.508 e. The van der Waals surface area contributed by atoms with Gasteiger partial charge >= 0.3 is 24.0 Å². The van der Waals surface area contributed by atoms with Gasteiger partial charge in [-0.05, 0) is 163 Å². The number of urea groups is 2. The van der Waals surface area contributed by atoms with E-state index in [-0.39, 0.29) is 160 Å². The van der Waals surface area contributed by atoms with Crippen molar-refractivity contribution in [1.82, 2.24) is 106 Å². The number of phenolic OH excluding ortho intramolecular Hbond substituents is 1. The minimum atomic E-state index is -1.97. The molecule has 0 aliphatic carbocycles. The number of guanidine groups is 4. The number of aromatic hydroxyl groups is 1. The Balaban J connectivity index is 1.85. The summed E-state index contributed by atoms with van der Waals surface area (Å²) < 4.78 is 0. The van der Waals surface area contributed by atoms with E-state index in [9.17, 15) is 58.5 Å². The molecular weight excluding hydrogens is 1910 g/mol. The van der Waals surface area contributed by atoms with Crippen molar-refractivity contribution in [2.24, 2.45) is 45.9 Å². The Morgan fingerprint density at radius 2 is 0.846 bits per heavy atom. The Labute approximate surface area is 831 Å². The Hall–Kier alpha value is -15.0. The van der Waals surface area contributed by atoms with Crippen LogP contribution < -0.4 is 147 Å². The molecule has 0 spiro atoms. The number of primary amides is 3. The summed E-state index contributed by atoms with van der Waals surface area (Å²) in [5.41, 5.74) is 45.4. The van der Waals surface area contributed by atoms with E-state index in [0.717, 1.165) is 17.2 Å². The van der Waals surface area contributed by atoms with Crippen LogP contribution in [0.25, 0.3) is 10.8 Å². The number of carbonyl (C=O) groups excluding carboxylic acids is 17. The number of fused-ring (bicyclic) bond motifs is 2. The topological polar surface area (TPSA) is 920 Å². The fraction of sp³-hybridized carbons (Fsp3) is 0.552. The molecule has 143 heavy (non-hydrogen) atoms. The molecule has 0 unspecified atom stereocenters. The second-order valence-corrected chi connectivity index (χ2v) is 36.4. The van der Waals surface area contributed by atoms with Crippen LogP contribution >= 0.6 is 21.6 Å². The number of hydrogen-bond acceptors (Lipinski definition) is 27. The monoisotopic (exact) mass is 2040 g/mol. The van der Waals surface area contributed by atoms with Crippen molar-refractivity contribution in [1.29, 1.82) is 21.6 Å². The number of nitrogens with two attached hydrogens (primary N) is 8. The lowest BCUT2D eigenvalue weighted by Crippen LogP contribution is -2.61. The van der Waals surface area contributed by atoms with Crippen molar-refractivity contribution in [2.45, 2.75) is 239 Å². The third-order valence-corrected chi connectivity index (χ3v) is 24.9. The zero-order valence-electron chi connectivity index (χ0n) is 79.2. The van der Waals surface area contributed by atoms with Gasteiger partial charge in [-0.15, -0.1) is 0 Å². The van der Waals surface area contributed by atoms with E-state index in [4.69, 9.17) is 67.5 Å². The van der Waals surface area contributed by atoms with E-state index in [1.807, 2.05) is 0 Å². The maximum absolute atomic E-state index is 16.0. The fourth-order valence-corrected chi connectivity index (χ4v) is 17.4. The van der Waals surface area contributed by atoms with Gasteiger partial charge in [0, 0.05) is 89.9 Å². The standard InChI is InChI=1S/C87H136N32O22S2/c1-46(120)106-53(17-7-35-101-83(92)93)69(127)109-57(19-9-37-103-85(96)97)73(131)115-62(43-48-23-26-49-13-2-3-14-50(49)41-48)77(135)118-64-45-143-142-44-63(78(136)107-52(68(89)126)16-6-34-100-82(90)91)117-74(132)58(21-11-39-105-87(99)141)110-70(128)55(18-8-36-102-84(94)95)111-75(133)59(29-31-66(122)123)113-80(138)65-22-12-40-119(65)81(139)60(30-32-67(124)125)114-72(130)54(15-4-5-33-88)108-71(129)56(20-10-38-104-86(98)140)112-76(134)61(116-79(64)137)42-47-24-27-51(121)28-25-47/h2-3,13-14,23-28,41,52-65,121H,4-12,15-22,29-40,42-45,88H2,1H3,(H2,89,126)(H,106,120)(H,107,136)(H,108,129)(H,109,127)(H,110,128)(H,111,133)(H,112,134)(H,113,138)(H,114,130)(H,115,131)(H,116,137)(H,117,132)(H,118,135)(H,122,123)(H,124,125)(H4,90,91,100)(H4,92,93,101)(H4,94,95,102)(H4,96,97,103)(H3,98,104,140)(H3,99,105,141)/t52-,53-,54-,55-,56-,57-,58-,59-,60+,61-,62-,63-,64-,65-/m0/s1. The second-order valence-electron chi connectivity index (χ2n) is 33.9. The van der Waals surface area contributed by atoms with Crippen molar-refractivity contribution in [3.63, 3.8) is 0 Å². The van der Waals surface area contributed by atoms with Crippen LogP contribution in [0, 0.1) is 21.6 Å². The van der Waals surface area contributed by atoms with E-state index < -0.39 is 284 Å². The number of phenols is 1. The van der Waals surface area contributed by atoms with Gasteiger partial charge in [-0.3, -0.25) is 103 Å². The molecule has 2 fully saturated rings. The Morgan fingerprint density at radius 1 is 0.434 bits per heavy atom. The number of carboxylic acid groups (broad SMARTS) is 2.